The first-order valence-corrected chi connectivity index (χ1v) is 8.86. The van der Waals surface area contributed by atoms with E-state index in [0.29, 0.717) is 17.0 Å². The molecule has 0 spiro atoms. The van der Waals surface area contributed by atoms with Crippen molar-refractivity contribution >= 4 is 23.6 Å². The molecule has 2 aliphatic rings. The summed E-state index contributed by atoms with van der Waals surface area (Å²) in [5.41, 5.74) is 3.64. The van der Waals surface area contributed by atoms with Crippen molar-refractivity contribution < 1.29 is 19.5 Å². The Hall–Kier alpha value is -3.61. The highest BCUT2D eigenvalue weighted by Gasteiger charge is 2.43. The summed E-state index contributed by atoms with van der Waals surface area (Å²) in [7, 11) is 1.63. The second-order valence-corrected chi connectivity index (χ2v) is 6.96. The number of aryl methyl sites for hydroxylation is 1. The average Bonchev–Trinajstić information content (AvgIpc) is 3.03. The molecule has 4 rings (SSSR count). The maximum Gasteiger partial charge on any atom is 0.335 e. The van der Waals surface area contributed by atoms with Crippen LogP contribution < -0.4 is 10.2 Å². The van der Waals surface area contributed by atoms with Crippen molar-refractivity contribution in [1.82, 2.24) is 10.2 Å². The van der Waals surface area contributed by atoms with Crippen molar-refractivity contribution in [1.29, 1.82) is 0 Å². The second-order valence-electron chi connectivity index (χ2n) is 6.96. The fraction of sp³-hybridized carbons (Fsp3) is 0.190. The van der Waals surface area contributed by atoms with Gasteiger partial charge in [0.25, 0.3) is 5.91 Å². The van der Waals surface area contributed by atoms with Gasteiger partial charge in [0.05, 0.1) is 29.4 Å². The number of aromatic carboxylic acids is 1. The summed E-state index contributed by atoms with van der Waals surface area (Å²) in [4.78, 5) is 40.0. The molecule has 2 aliphatic heterocycles. The van der Waals surface area contributed by atoms with Gasteiger partial charge in [-0.3, -0.25) is 9.69 Å². The fourth-order valence-corrected chi connectivity index (χ4v) is 3.59. The number of amides is 3. The molecule has 2 N–H and O–H groups in total. The molecule has 28 heavy (non-hydrogen) atoms. The minimum atomic E-state index is -1.06. The minimum absolute atomic E-state index is 0.104. The van der Waals surface area contributed by atoms with Gasteiger partial charge in [0.2, 0.25) is 0 Å². The summed E-state index contributed by atoms with van der Waals surface area (Å²) in [6.07, 6.45) is 0. The third-order valence-corrected chi connectivity index (χ3v) is 5.18. The first-order chi connectivity index (χ1) is 13.4. The first-order valence-electron chi connectivity index (χ1n) is 8.86. The predicted molar refractivity (Wildman–Crippen MR) is 103 cm³/mol. The van der Waals surface area contributed by atoms with Gasteiger partial charge in [0.1, 0.15) is 0 Å². The van der Waals surface area contributed by atoms with Crippen LogP contribution in [0.25, 0.3) is 0 Å². The minimum Gasteiger partial charge on any atom is -0.478 e. The summed E-state index contributed by atoms with van der Waals surface area (Å²) in [6, 6.07) is 13.1. The molecule has 0 fully saturated rings. The smallest absolute Gasteiger partial charge is 0.335 e. The van der Waals surface area contributed by atoms with E-state index in [1.807, 2.05) is 31.2 Å². The van der Waals surface area contributed by atoms with E-state index in [2.05, 4.69) is 5.32 Å². The molecular weight excluding hydrogens is 358 g/mol. The van der Waals surface area contributed by atoms with Gasteiger partial charge >= 0.3 is 12.0 Å². The van der Waals surface area contributed by atoms with Crippen LogP contribution in [0.5, 0.6) is 0 Å². The molecule has 0 aromatic heterocycles. The zero-order chi connectivity index (χ0) is 20.0. The Balaban J connectivity index is 1.75. The first kappa shape index (κ1) is 17.8. The molecular formula is C21H19N3O4. The Bertz CT molecular complexity index is 1030. The quantitative estimate of drug-likeness (QED) is 0.861. The Morgan fingerprint density at radius 3 is 2.54 bits per heavy atom. The SMILES string of the molecule is Cc1ccc(C2NC(=O)N(C)C3=C2C(=O)N(c2cccc(C(=O)O)c2)C3)cc1. The van der Waals surface area contributed by atoms with Crippen LogP contribution in [0.15, 0.2) is 59.8 Å². The van der Waals surface area contributed by atoms with E-state index in [4.69, 9.17) is 0 Å². The third kappa shape index (κ3) is 2.81. The second kappa shape index (κ2) is 6.53. The lowest BCUT2D eigenvalue weighted by Crippen LogP contribution is -2.45. The van der Waals surface area contributed by atoms with E-state index >= 15 is 0 Å². The molecule has 142 valence electrons. The van der Waals surface area contributed by atoms with E-state index in [1.54, 1.807) is 19.2 Å². The summed E-state index contributed by atoms with van der Waals surface area (Å²) in [6.45, 7) is 2.18. The summed E-state index contributed by atoms with van der Waals surface area (Å²) >= 11 is 0. The molecule has 2 aromatic rings. The molecule has 1 unspecified atom stereocenters. The number of carbonyl (C=O) groups is 3. The van der Waals surface area contributed by atoms with Crippen LogP contribution in [0, 0.1) is 6.92 Å². The molecule has 0 saturated carbocycles. The number of urea groups is 1. The number of carboxylic acid groups (broad SMARTS) is 1. The van der Waals surface area contributed by atoms with Crippen molar-refractivity contribution in [3.05, 3.63) is 76.5 Å². The van der Waals surface area contributed by atoms with Crippen molar-refractivity contribution in [2.24, 2.45) is 0 Å². The highest BCUT2D eigenvalue weighted by molar-refractivity contribution is 6.12. The Labute approximate surface area is 161 Å². The molecule has 3 amide bonds. The third-order valence-electron chi connectivity index (χ3n) is 5.18. The number of benzene rings is 2. The van der Waals surface area contributed by atoms with E-state index in [9.17, 15) is 19.5 Å². The average molecular weight is 377 g/mol. The van der Waals surface area contributed by atoms with Gasteiger partial charge in [0.15, 0.2) is 0 Å². The highest BCUT2D eigenvalue weighted by atomic mass is 16.4. The molecule has 7 nitrogen and oxygen atoms in total. The lowest BCUT2D eigenvalue weighted by atomic mass is 9.95. The molecule has 1 atom stereocenters. The maximum atomic E-state index is 13.3. The molecule has 0 aliphatic carbocycles. The number of nitrogens with one attached hydrogen (secondary N) is 1. The predicted octanol–water partition coefficient (Wildman–Crippen LogP) is 2.69. The van der Waals surface area contributed by atoms with Crippen LogP contribution in [-0.4, -0.2) is 41.5 Å². The Morgan fingerprint density at radius 1 is 1.14 bits per heavy atom. The number of carboxylic acids is 1. The molecule has 0 saturated heterocycles. The molecule has 0 bridgehead atoms. The van der Waals surface area contributed by atoms with Gasteiger partial charge in [-0.25, -0.2) is 9.59 Å². The maximum absolute atomic E-state index is 13.3. The zero-order valence-electron chi connectivity index (χ0n) is 15.5. The summed E-state index contributed by atoms with van der Waals surface area (Å²) in [5.74, 6) is -1.30. The van der Waals surface area contributed by atoms with Gasteiger partial charge in [-0.2, -0.15) is 0 Å². The van der Waals surface area contributed by atoms with Crippen molar-refractivity contribution in [2.45, 2.75) is 13.0 Å². The number of hydrogen-bond acceptors (Lipinski definition) is 3. The summed E-state index contributed by atoms with van der Waals surface area (Å²) < 4.78 is 0. The van der Waals surface area contributed by atoms with E-state index < -0.39 is 12.0 Å². The van der Waals surface area contributed by atoms with Crippen molar-refractivity contribution in [2.75, 3.05) is 18.5 Å². The van der Waals surface area contributed by atoms with Crippen LogP contribution >= 0.6 is 0 Å². The van der Waals surface area contributed by atoms with Gasteiger partial charge < -0.3 is 15.3 Å². The monoisotopic (exact) mass is 377 g/mol. The Kier molecular flexibility index (Phi) is 4.15. The van der Waals surface area contributed by atoms with E-state index in [0.717, 1.165) is 11.1 Å². The largest absolute Gasteiger partial charge is 0.478 e. The van der Waals surface area contributed by atoms with Gasteiger partial charge in [-0.05, 0) is 30.7 Å². The number of anilines is 1. The van der Waals surface area contributed by atoms with Crippen LogP contribution in [0.1, 0.15) is 27.5 Å². The van der Waals surface area contributed by atoms with Crippen LogP contribution in [0.3, 0.4) is 0 Å². The lowest BCUT2D eigenvalue weighted by molar-refractivity contribution is -0.114. The van der Waals surface area contributed by atoms with Gasteiger partial charge in [-0.1, -0.05) is 35.9 Å². The van der Waals surface area contributed by atoms with Gasteiger partial charge in [0, 0.05) is 12.7 Å². The molecule has 0 radical (unpaired) electrons. The van der Waals surface area contributed by atoms with Crippen molar-refractivity contribution in [3.63, 3.8) is 0 Å². The lowest BCUT2D eigenvalue weighted by Gasteiger charge is -2.31. The number of carbonyl (C=O) groups excluding carboxylic acids is 2. The number of rotatable bonds is 3. The zero-order valence-corrected chi connectivity index (χ0v) is 15.5. The van der Waals surface area contributed by atoms with E-state index in [-0.39, 0.29) is 24.0 Å². The van der Waals surface area contributed by atoms with Crippen LogP contribution in [0.4, 0.5) is 10.5 Å². The topological polar surface area (TPSA) is 90.0 Å². The van der Waals surface area contributed by atoms with Crippen molar-refractivity contribution in [3.8, 4) is 0 Å². The van der Waals surface area contributed by atoms with Crippen LogP contribution in [0.2, 0.25) is 0 Å². The van der Waals surface area contributed by atoms with Gasteiger partial charge in [-0.15, -0.1) is 0 Å². The van der Waals surface area contributed by atoms with E-state index in [1.165, 1.54) is 21.9 Å². The molecule has 2 aromatic carbocycles. The number of hydrogen-bond donors (Lipinski definition) is 2. The number of likely N-dealkylation sites (N-methyl/N-ethyl adjacent to an activating group) is 1. The molecule has 7 heteroatoms. The fourth-order valence-electron chi connectivity index (χ4n) is 3.59. The molecule has 2 heterocycles. The normalized spacial score (nSPS) is 19.0. The Morgan fingerprint density at radius 2 is 1.86 bits per heavy atom. The highest BCUT2D eigenvalue weighted by Crippen LogP contribution is 2.37. The van der Waals surface area contributed by atoms with Crippen LogP contribution in [-0.2, 0) is 4.79 Å². The summed E-state index contributed by atoms with van der Waals surface area (Å²) in [5, 5.41) is 12.1. The standard InChI is InChI=1S/C21H19N3O4/c1-12-6-8-13(9-7-12)18-17-16(23(2)21(28)22-18)11-24(19(17)25)15-5-3-4-14(10-15)20(26)27/h3-10,18H,11H2,1-2H3,(H,22,28)(H,26,27). The number of nitrogens with zero attached hydrogens (tertiary/aromatic N) is 2.